The van der Waals surface area contributed by atoms with E-state index < -0.39 is 23.8 Å². The average Bonchev–Trinajstić information content (AvgIpc) is 2.37. The highest BCUT2D eigenvalue weighted by Gasteiger charge is 2.34. The molecule has 2 atom stereocenters. The number of nitrogens with zero attached hydrogens (tertiary/aromatic N) is 1. The van der Waals surface area contributed by atoms with Crippen molar-refractivity contribution in [2.45, 2.75) is 12.0 Å². The Hall–Kier alpha value is -1.92. The van der Waals surface area contributed by atoms with Crippen molar-refractivity contribution in [3.05, 3.63) is 35.9 Å². The van der Waals surface area contributed by atoms with E-state index in [9.17, 15) is 14.7 Å². The minimum Gasteiger partial charge on any atom is -0.382 e. The molecule has 0 aliphatic carbocycles. The molecule has 0 spiro atoms. The molecule has 1 rings (SSSR count). The molecule has 98 valence electrons. The van der Waals surface area contributed by atoms with E-state index in [0.717, 1.165) is 5.06 Å². The van der Waals surface area contributed by atoms with Crippen molar-refractivity contribution in [1.29, 1.82) is 0 Å². The first kappa shape index (κ1) is 14.1. The first-order chi connectivity index (χ1) is 8.49. The fourth-order valence-electron chi connectivity index (χ4n) is 1.58. The molecule has 0 aliphatic rings. The molecular weight excluding hydrogens is 236 g/mol. The predicted molar refractivity (Wildman–Crippen MR) is 64.2 cm³/mol. The number of hydrogen-bond donors (Lipinski definition) is 2. The zero-order valence-electron chi connectivity index (χ0n) is 10.2. The second kappa shape index (κ2) is 6.13. The number of carbonyl (C=O) groups excluding carboxylic acids is 2. The summed E-state index contributed by atoms with van der Waals surface area (Å²) in [6, 6.07) is 8.40. The molecule has 3 N–H and O–H groups in total. The largest absolute Gasteiger partial charge is 0.382 e. The molecular formula is C12H16N2O4. The van der Waals surface area contributed by atoms with Crippen molar-refractivity contribution in [1.82, 2.24) is 5.06 Å². The van der Waals surface area contributed by atoms with Crippen molar-refractivity contribution in [2.75, 3.05) is 14.2 Å². The SMILES string of the molecule is CON(C)C(=O)[C@@H](O)C(C(N)=O)c1ccccc1. The smallest absolute Gasteiger partial charge is 0.275 e. The van der Waals surface area contributed by atoms with Crippen molar-refractivity contribution >= 4 is 11.8 Å². The van der Waals surface area contributed by atoms with Gasteiger partial charge in [-0.2, -0.15) is 0 Å². The van der Waals surface area contributed by atoms with Crippen LogP contribution in [0, 0.1) is 0 Å². The molecule has 0 bridgehead atoms. The van der Waals surface area contributed by atoms with Gasteiger partial charge in [0.2, 0.25) is 5.91 Å². The number of hydroxylamine groups is 2. The summed E-state index contributed by atoms with van der Waals surface area (Å²) in [7, 11) is 2.63. The molecule has 1 aromatic carbocycles. The molecule has 0 saturated carbocycles. The van der Waals surface area contributed by atoms with Crippen molar-refractivity contribution in [3.8, 4) is 0 Å². The van der Waals surface area contributed by atoms with Crippen LogP contribution in [0.5, 0.6) is 0 Å². The number of aliphatic hydroxyl groups excluding tert-OH is 1. The summed E-state index contributed by atoms with van der Waals surface area (Å²) in [5.74, 6) is -2.60. The minimum atomic E-state index is -1.57. The highest BCUT2D eigenvalue weighted by atomic mass is 16.7. The normalized spacial score (nSPS) is 13.7. The fourth-order valence-corrected chi connectivity index (χ4v) is 1.58. The Morgan fingerprint density at radius 3 is 2.33 bits per heavy atom. The highest BCUT2D eigenvalue weighted by Crippen LogP contribution is 2.20. The second-order valence-electron chi connectivity index (χ2n) is 3.75. The lowest BCUT2D eigenvalue weighted by Gasteiger charge is -2.23. The van der Waals surface area contributed by atoms with Crippen molar-refractivity contribution in [2.24, 2.45) is 5.73 Å². The Bertz CT molecular complexity index is 421. The van der Waals surface area contributed by atoms with Crippen LogP contribution in [0.15, 0.2) is 30.3 Å². The number of primary amides is 1. The van der Waals surface area contributed by atoms with Gasteiger partial charge in [0.25, 0.3) is 5.91 Å². The lowest BCUT2D eigenvalue weighted by Crippen LogP contribution is -2.43. The molecule has 0 heterocycles. The van der Waals surface area contributed by atoms with E-state index in [1.54, 1.807) is 30.3 Å². The minimum absolute atomic E-state index is 0.482. The van der Waals surface area contributed by atoms with Crippen LogP contribution >= 0.6 is 0 Å². The Morgan fingerprint density at radius 1 is 1.33 bits per heavy atom. The monoisotopic (exact) mass is 252 g/mol. The van der Waals surface area contributed by atoms with Gasteiger partial charge in [-0.15, -0.1) is 0 Å². The predicted octanol–water partition coefficient (Wildman–Crippen LogP) is -0.364. The second-order valence-corrected chi connectivity index (χ2v) is 3.75. The lowest BCUT2D eigenvalue weighted by molar-refractivity contribution is -0.179. The van der Waals surface area contributed by atoms with Gasteiger partial charge in [-0.3, -0.25) is 14.4 Å². The Balaban J connectivity index is 3.00. The number of amides is 2. The molecule has 1 unspecified atom stereocenters. The maximum atomic E-state index is 11.7. The number of likely N-dealkylation sites (N-methyl/N-ethyl adjacent to an activating group) is 1. The van der Waals surface area contributed by atoms with Crippen LogP contribution in [-0.2, 0) is 14.4 Å². The van der Waals surface area contributed by atoms with Crippen LogP contribution < -0.4 is 5.73 Å². The highest BCUT2D eigenvalue weighted by molar-refractivity contribution is 5.91. The molecule has 6 heteroatoms. The summed E-state index contributed by atoms with van der Waals surface area (Å²) >= 11 is 0. The van der Waals surface area contributed by atoms with Gasteiger partial charge in [0.1, 0.15) is 0 Å². The first-order valence-corrected chi connectivity index (χ1v) is 5.33. The third-order valence-electron chi connectivity index (χ3n) is 2.62. The number of nitrogens with two attached hydrogens (primary N) is 1. The summed E-state index contributed by atoms with van der Waals surface area (Å²) in [4.78, 5) is 27.8. The Morgan fingerprint density at radius 2 is 1.89 bits per heavy atom. The Labute approximate surface area is 105 Å². The van der Waals surface area contributed by atoms with Gasteiger partial charge in [-0.25, -0.2) is 5.06 Å². The molecule has 18 heavy (non-hydrogen) atoms. The van der Waals surface area contributed by atoms with Gasteiger partial charge in [-0.05, 0) is 5.56 Å². The number of carbonyl (C=O) groups is 2. The summed E-state index contributed by atoms with van der Waals surface area (Å²) in [5.41, 5.74) is 5.72. The third kappa shape index (κ3) is 3.06. The molecule has 6 nitrogen and oxygen atoms in total. The van der Waals surface area contributed by atoms with Crippen LogP contribution in [0.1, 0.15) is 11.5 Å². The molecule has 0 radical (unpaired) electrons. The summed E-state index contributed by atoms with van der Waals surface area (Å²) in [6.45, 7) is 0. The van der Waals surface area contributed by atoms with Crippen LogP contribution in [0.2, 0.25) is 0 Å². The quantitative estimate of drug-likeness (QED) is 0.700. The van der Waals surface area contributed by atoms with Gasteiger partial charge < -0.3 is 10.8 Å². The van der Waals surface area contributed by atoms with E-state index in [0.29, 0.717) is 5.56 Å². The third-order valence-corrected chi connectivity index (χ3v) is 2.62. The zero-order valence-corrected chi connectivity index (χ0v) is 10.2. The van der Waals surface area contributed by atoms with E-state index in [2.05, 4.69) is 4.84 Å². The molecule has 0 fully saturated rings. The number of hydrogen-bond acceptors (Lipinski definition) is 4. The van der Waals surface area contributed by atoms with Crippen LogP contribution in [-0.4, -0.2) is 42.2 Å². The van der Waals surface area contributed by atoms with Crippen LogP contribution in [0.25, 0.3) is 0 Å². The maximum absolute atomic E-state index is 11.7. The number of benzene rings is 1. The standard InChI is InChI=1S/C12H16N2O4/c1-14(18-2)12(17)10(15)9(11(13)16)8-6-4-3-5-7-8/h3-7,9-10,15H,1-2H3,(H2,13,16)/t9?,10-/m0/s1. The molecule has 0 aliphatic heterocycles. The topological polar surface area (TPSA) is 92.9 Å². The maximum Gasteiger partial charge on any atom is 0.275 e. The summed E-state index contributed by atoms with van der Waals surface area (Å²) in [6.07, 6.45) is -1.57. The van der Waals surface area contributed by atoms with E-state index >= 15 is 0 Å². The fraction of sp³-hybridized carbons (Fsp3) is 0.333. The lowest BCUT2D eigenvalue weighted by atomic mass is 9.92. The van der Waals surface area contributed by atoms with Gasteiger partial charge in [0.05, 0.1) is 13.0 Å². The number of rotatable bonds is 5. The molecule has 1 aromatic rings. The summed E-state index contributed by atoms with van der Waals surface area (Å²) < 4.78 is 0. The molecule has 0 saturated heterocycles. The van der Waals surface area contributed by atoms with E-state index in [1.165, 1.54) is 14.2 Å². The Kier molecular flexibility index (Phi) is 4.82. The zero-order chi connectivity index (χ0) is 13.7. The van der Waals surface area contributed by atoms with Crippen molar-refractivity contribution < 1.29 is 19.5 Å². The van der Waals surface area contributed by atoms with E-state index in [-0.39, 0.29) is 0 Å². The van der Waals surface area contributed by atoms with Gasteiger partial charge in [0.15, 0.2) is 6.10 Å². The van der Waals surface area contributed by atoms with Crippen LogP contribution in [0.3, 0.4) is 0 Å². The van der Waals surface area contributed by atoms with Gasteiger partial charge >= 0.3 is 0 Å². The molecule has 0 aromatic heterocycles. The van der Waals surface area contributed by atoms with E-state index in [1.807, 2.05) is 0 Å². The average molecular weight is 252 g/mol. The number of aliphatic hydroxyl groups is 1. The van der Waals surface area contributed by atoms with Crippen molar-refractivity contribution in [3.63, 3.8) is 0 Å². The summed E-state index contributed by atoms with van der Waals surface area (Å²) in [5, 5.41) is 10.8. The molecule has 2 amide bonds. The van der Waals surface area contributed by atoms with Crippen LogP contribution in [0.4, 0.5) is 0 Å². The first-order valence-electron chi connectivity index (χ1n) is 5.33. The van der Waals surface area contributed by atoms with E-state index in [4.69, 9.17) is 5.73 Å². The van der Waals surface area contributed by atoms with Gasteiger partial charge in [-0.1, -0.05) is 30.3 Å². The van der Waals surface area contributed by atoms with Gasteiger partial charge in [0, 0.05) is 7.05 Å².